The van der Waals surface area contributed by atoms with Crippen molar-refractivity contribution in [1.82, 2.24) is 5.32 Å². The summed E-state index contributed by atoms with van der Waals surface area (Å²) < 4.78 is 0. The number of aryl methyl sites for hydroxylation is 1. The monoisotopic (exact) mass is 261 g/mol. The second kappa shape index (κ2) is 5.55. The van der Waals surface area contributed by atoms with Crippen molar-refractivity contribution in [2.24, 2.45) is 0 Å². The number of phenols is 1. The van der Waals surface area contributed by atoms with E-state index in [0.717, 1.165) is 5.56 Å². The third-order valence-corrected chi connectivity index (χ3v) is 3.89. The van der Waals surface area contributed by atoms with Gasteiger partial charge in [-0.15, -0.1) is 0 Å². The number of nitrogens with one attached hydrogen (secondary N) is 1. The Balaban J connectivity index is 2.12. The number of hydrogen-bond donors (Lipinski definition) is 2. The third-order valence-electron chi connectivity index (χ3n) is 3.19. The van der Waals surface area contributed by atoms with Crippen molar-refractivity contribution in [2.45, 2.75) is 32.9 Å². The predicted molar refractivity (Wildman–Crippen MR) is 77.1 cm³/mol. The fourth-order valence-corrected chi connectivity index (χ4v) is 2.86. The Morgan fingerprint density at radius 2 is 1.94 bits per heavy atom. The highest BCUT2D eigenvalue weighted by molar-refractivity contribution is 7.07. The average Bonchev–Trinajstić information content (AvgIpc) is 2.85. The van der Waals surface area contributed by atoms with Gasteiger partial charge in [-0.25, -0.2) is 0 Å². The van der Waals surface area contributed by atoms with Gasteiger partial charge in [-0.3, -0.25) is 0 Å². The van der Waals surface area contributed by atoms with Crippen molar-refractivity contribution >= 4 is 11.3 Å². The predicted octanol–water partition coefficient (Wildman–Crippen LogP) is 4.17. The maximum Gasteiger partial charge on any atom is 0.120 e. The van der Waals surface area contributed by atoms with E-state index in [1.54, 1.807) is 17.4 Å². The lowest BCUT2D eigenvalue weighted by atomic mass is 10.0. The lowest BCUT2D eigenvalue weighted by Gasteiger charge is -2.21. The molecule has 0 aliphatic heterocycles. The Labute approximate surface area is 112 Å². The molecule has 2 nitrogen and oxygen atoms in total. The van der Waals surface area contributed by atoms with Crippen molar-refractivity contribution in [3.05, 3.63) is 51.7 Å². The van der Waals surface area contributed by atoms with Gasteiger partial charge in [-0.1, -0.05) is 17.7 Å². The molecule has 1 aromatic heterocycles. The summed E-state index contributed by atoms with van der Waals surface area (Å²) in [5.41, 5.74) is 3.41. The number of aromatic hydroxyl groups is 1. The summed E-state index contributed by atoms with van der Waals surface area (Å²) in [7, 11) is 0. The Kier molecular flexibility index (Phi) is 4.04. The van der Waals surface area contributed by atoms with Crippen LogP contribution in [0.2, 0.25) is 0 Å². The molecule has 2 unspecified atom stereocenters. The summed E-state index contributed by atoms with van der Waals surface area (Å²) in [5.74, 6) is 0.359. The second-order valence-electron chi connectivity index (χ2n) is 4.73. The molecule has 2 aromatic rings. The SMILES string of the molecule is Cc1ccc(O)c(C(C)NC(C)c2ccsc2)c1. The minimum Gasteiger partial charge on any atom is -0.508 e. The number of hydrogen-bond acceptors (Lipinski definition) is 3. The Hall–Kier alpha value is -1.32. The Bertz CT molecular complexity index is 507. The summed E-state index contributed by atoms with van der Waals surface area (Å²) >= 11 is 1.71. The molecule has 0 amide bonds. The highest BCUT2D eigenvalue weighted by Crippen LogP contribution is 2.27. The molecule has 0 bridgehead atoms. The van der Waals surface area contributed by atoms with Crippen LogP contribution in [-0.2, 0) is 0 Å². The average molecular weight is 261 g/mol. The van der Waals surface area contributed by atoms with Crippen LogP contribution in [0.15, 0.2) is 35.0 Å². The van der Waals surface area contributed by atoms with E-state index in [0.29, 0.717) is 5.75 Å². The molecule has 0 radical (unpaired) electrons. The molecule has 0 aliphatic rings. The molecule has 0 saturated heterocycles. The van der Waals surface area contributed by atoms with Crippen LogP contribution in [-0.4, -0.2) is 5.11 Å². The zero-order valence-corrected chi connectivity index (χ0v) is 11.8. The summed E-state index contributed by atoms with van der Waals surface area (Å²) in [6, 6.07) is 8.26. The van der Waals surface area contributed by atoms with Crippen LogP contribution in [0.5, 0.6) is 5.75 Å². The van der Waals surface area contributed by atoms with E-state index in [2.05, 4.69) is 36.0 Å². The van der Waals surface area contributed by atoms with Crippen molar-refractivity contribution in [1.29, 1.82) is 0 Å². The first-order valence-electron chi connectivity index (χ1n) is 6.15. The molecular formula is C15H19NOS. The first kappa shape index (κ1) is 13.1. The molecule has 0 saturated carbocycles. The smallest absolute Gasteiger partial charge is 0.120 e. The van der Waals surface area contributed by atoms with Gasteiger partial charge in [0.2, 0.25) is 0 Å². The Morgan fingerprint density at radius 1 is 1.17 bits per heavy atom. The quantitative estimate of drug-likeness (QED) is 0.865. The lowest BCUT2D eigenvalue weighted by molar-refractivity contribution is 0.438. The van der Waals surface area contributed by atoms with Gasteiger partial charge < -0.3 is 10.4 Å². The fourth-order valence-electron chi connectivity index (χ4n) is 2.10. The molecule has 96 valence electrons. The van der Waals surface area contributed by atoms with Crippen LogP contribution in [0.1, 0.15) is 42.6 Å². The normalized spacial score (nSPS) is 14.4. The lowest BCUT2D eigenvalue weighted by Crippen LogP contribution is -2.22. The molecule has 1 aromatic carbocycles. The largest absolute Gasteiger partial charge is 0.508 e. The molecule has 3 heteroatoms. The second-order valence-corrected chi connectivity index (χ2v) is 5.51. The first-order chi connectivity index (χ1) is 8.58. The highest BCUT2D eigenvalue weighted by atomic mass is 32.1. The van der Waals surface area contributed by atoms with Crippen LogP contribution >= 0.6 is 11.3 Å². The molecule has 2 atom stereocenters. The minimum absolute atomic E-state index is 0.125. The van der Waals surface area contributed by atoms with Crippen LogP contribution < -0.4 is 5.32 Å². The van der Waals surface area contributed by atoms with Gasteiger partial charge in [-0.05, 0) is 49.2 Å². The highest BCUT2D eigenvalue weighted by Gasteiger charge is 2.14. The van der Waals surface area contributed by atoms with Gasteiger partial charge in [-0.2, -0.15) is 11.3 Å². The van der Waals surface area contributed by atoms with Crippen molar-refractivity contribution in [3.63, 3.8) is 0 Å². The van der Waals surface area contributed by atoms with Crippen LogP contribution in [0.4, 0.5) is 0 Å². The molecule has 0 spiro atoms. The summed E-state index contributed by atoms with van der Waals surface area (Å²) in [6.45, 7) is 6.26. The zero-order valence-electron chi connectivity index (χ0n) is 11.0. The number of thiophene rings is 1. The van der Waals surface area contributed by atoms with Gasteiger partial charge in [0.15, 0.2) is 0 Å². The number of phenolic OH excluding ortho intramolecular Hbond substituents is 1. The van der Waals surface area contributed by atoms with Crippen molar-refractivity contribution in [3.8, 4) is 5.75 Å². The topological polar surface area (TPSA) is 32.3 Å². The van der Waals surface area contributed by atoms with Crippen LogP contribution in [0.25, 0.3) is 0 Å². The molecule has 2 N–H and O–H groups in total. The molecule has 18 heavy (non-hydrogen) atoms. The van der Waals surface area contributed by atoms with E-state index >= 15 is 0 Å². The zero-order chi connectivity index (χ0) is 13.1. The van der Waals surface area contributed by atoms with E-state index in [4.69, 9.17) is 0 Å². The van der Waals surface area contributed by atoms with Gasteiger partial charge in [0.1, 0.15) is 5.75 Å². The number of rotatable bonds is 4. The standard InChI is InChI=1S/C15H19NOS/c1-10-4-5-15(17)14(8-10)12(3)16-11(2)13-6-7-18-9-13/h4-9,11-12,16-17H,1-3H3. The van der Waals surface area contributed by atoms with Gasteiger partial charge >= 0.3 is 0 Å². The van der Waals surface area contributed by atoms with Gasteiger partial charge in [0.25, 0.3) is 0 Å². The Morgan fingerprint density at radius 3 is 2.61 bits per heavy atom. The molecule has 0 fully saturated rings. The van der Waals surface area contributed by atoms with E-state index < -0.39 is 0 Å². The summed E-state index contributed by atoms with van der Waals surface area (Å²) in [6.07, 6.45) is 0. The molecular weight excluding hydrogens is 242 g/mol. The van der Waals surface area contributed by atoms with Crippen molar-refractivity contribution < 1.29 is 5.11 Å². The summed E-state index contributed by atoms with van der Waals surface area (Å²) in [5, 5.41) is 17.7. The third kappa shape index (κ3) is 2.92. The van der Waals surface area contributed by atoms with Crippen molar-refractivity contribution in [2.75, 3.05) is 0 Å². The molecule has 0 aliphatic carbocycles. The van der Waals surface area contributed by atoms with Crippen LogP contribution in [0, 0.1) is 6.92 Å². The number of benzene rings is 1. The molecule has 2 rings (SSSR count). The maximum atomic E-state index is 9.91. The molecule has 1 heterocycles. The van der Waals surface area contributed by atoms with Crippen LogP contribution in [0.3, 0.4) is 0 Å². The maximum absolute atomic E-state index is 9.91. The van der Waals surface area contributed by atoms with Gasteiger partial charge in [0, 0.05) is 17.6 Å². The minimum atomic E-state index is 0.125. The fraction of sp³-hybridized carbons (Fsp3) is 0.333. The van der Waals surface area contributed by atoms with E-state index in [1.807, 2.05) is 19.1 Å². The first-order valence-corrected chi connectivity index (χ1v) is 7.10. The van der Waals surface area contributed by atoms with E-state index in [9.17, 15) is 5.11 Å². The van der Waals surface area contributed by atoms with E-state index in [1.165, 1.54) is 11.1 Å². The summed E-state index contributed by atoms with van der Waals surface area (Å²) in [4.78, 5) is 0. The van der Waals surface area contributed by atoms with Gasteiger partial charge in [0.05, 0.1) is 0 Å². The van der Waals surface area contributed by atoms with E-state index in [-0.39, 0.29) is 12.1 Å².